The summed E-state index contributed by atoms with van der Waals surface area (Å²) in [7, 11) is 1.36. The first kappa shape index (κ1) is 26.2. The minimum absolute atomic E-state index is 0.273. The minimum atomic E-state index is -0.613. The highest BCUT2D eigenvalue weighted by Crippen LogP contribution is 2.48. The van der Waals surface area contributed by atoms with Crippen LogP contribution in [0, 0.1) is 25.5 Å². The van der Waals surface area contributed by atoms with Gasteiger partial charge in [0.15, 0.2) is 0 Å². The van der Waals surface area contributed by atoms with Crippen LogP contribution in [0.25, 0.3) is 0 Å². The number of methoxy groups -OCH3 is 1. The minimum Gasteiger partial charge on any atom is -0.466 e. The molecule has 2 atom stereocenters. The maximum absolute atomic E-state index is 14.1. The molecule has 0 saturated carbocycles. The number of carbonyl (C=O) groups is 1. The molecule has 1 aliphatic heterocycles. The molecule has 6 heteroatoms. The molecular weight excluding hydrogens is 494 g/mol. The van der Waals surface area contributed by atoms with Crippen molar-refractivity contribution in [1.29, 1.82) is 0 Å². The number of carbonyl (C=O) groups excluding carboxylic acids is 1. The normalized spacial score (nSPS) is 17.2. The lowest BCUT2D eigenvalue weighted by Crippen LogP contribution is -2.41. The van der Waals surface area contributed by atoms with Crippen LogP contribution in [-0.4, -0.2) is 13.1 Å². The van der Waals surface area contributed by atoms with Gasteiger partial charge in [-0.25, -0.2) is 13.6 Å². The predicted molar refractivity (Wildman–Crippen MR) is 150 cm³/mol. The smallest absolute Gasteiger partial charge is 0.337 e. The van der Waals surface area contributed by atoms with E-state index in [1.165, 1.54) is 31.4 Å². The van der Waals surface area contributed by atoms with Gasteiger partial charge in [0.2, 0.25) is 0 Å². The fourth-order valence-electron chi connectivity index (χ4n) is 5.14. The molecule has 0 spiro atoms. The van der Waals surface area contributed by atoms with E-state index in [4.69, 9.17) is 4.74 Å². The van der Waals surface area contributed by atoms with Crippen LogP contribution in [0.15, 0.2) is 108 Å². The van der Waals surface area contributed by atoms with Crippen LogP contribution < -0.4 is 10.2 Å². The summed E-state index contributed by atoms with van der Waals surface area (Å²) in [5.74, 6) is -1.17. The summed E-state index contributed by atoms with van der Waals surface area (Å²) in [6.07, 6.45) is 0.426. The second-order valence-electron chi connectivity index (χ2n) is 9.84. The first-order valence-electron chi connectivity index (χ1n) is 12.8. The average Bonchev–Trinajstić information content (AvgIpc) is 2.95. The quantitative estimate of drug-likeness (QED) is 0.261. The van der Waals surface area contributed by atoms with Gasteiger partial charge in [-0.3, -0.25) is 0 Å². The highest BCUT2D eigenvalue weighted by atomic mass is 19.1. The zero-order valence-electron chi connectivity index (χ0n) is 22.1. The van der Waals surface area contributed by atoms with Crippen molar-refractivity contribution < 1.29 is 18.3 Å². The Balaban J connectivity index is 1.77. The topological polar surface area (TPSA) is 41.6 Å². The fourth-order valence-corrected chi connectivity index (χ4v) is 5.14. The van der Waals surface area contributed by atoms with Crippen molar-refractivity contribution in [2.75, 3.05) is 17.3 Å². The number of aryl methyl sites for hydroxylation is 2. The van der Waals surface area contributed by atoms with E-state index in [0.29, 0.717) is 17.7 Å². The number of halogens is 2. The van der Waals surface area contributed by atoms with Crippen molar-refractivity contribution in [3.63, 3.8) is 0 Å². The molecule has 0 saturated heterocycles. The molecule has 5 rings (SSSR count). The fraction of sp³-hybridized carbons (Fsp3) is 0.182. The molecule has 0 radical (unpaired) electrons. The Morgan fingerprint density at radius 2 is 1.28 bits per heavy atom. The van der Waals surface area contributed by atoms with E-state index in [9.17, 15) is 13.6 Å². The summed E-state index contributed by atoms with van der Waals surface area (Å²) in [5.41, 5.74) is 6.66. The first-order valence-corrected chi connectivity index (χ1v) is 12.8. The van der Waals surface area contributed by atoms with E-state index in [1.807, 2.05) is 62.4 Å². The number of esters is 1. The van der Waals surface area contributed by atoms with E-state index in [0.717, 1.165) is 33.6 Å². The van der Waals surface area contributed by atoms with Crippen LogP contribution >= 0.6 is 0 Å². The van der Waals surface area contributed by atoms with Crippen molar-refractivity contribution in [3.8, 4) is 0 Å². The maximum atomic E-state index is 14.1. The summed E-state index contributed by atoms with van der Waals surface area (Å²) in [6, 6.07) is 27.7. The largest absolute Gasteiger partial charge is 0.466 e. The molecule has 1 N–H and O–H groups in total. The Morgan fingerprint density at radius 3 is 1.82 bits per heavy atom. The van der Waals surface area contributed by atoms with Gasteiger partial charge in [0.25, 0.3) is 0 Å². The summed E-state index contributed by atoms with van der Waals surface area (Å²) in [5, 5.41) is 3.48. The van der Waals surface area contributed by atoms with Gasteiger partial charge in [-0.05, 0) is 73.5 Å². The second kappa shape index (κ2) is 11.1. The lowest BCUT2D eigenvalue weighted by molar-refractivity contribution is -0.136. The molecule has 0 aromatic heterocycles. The number of anilines is 2. The standard InChI is InChI=1S/C33H30F2N2O2/c1-21-4-16-27(17-5-21)36-29-20-30(23-8-12-25(34)13-9-23)37(28-18-6-22(2)7-19-28)32(31(29)33(38)39-3)24-10-14-26(35)15-11-24/h4-19,30,32,36H,20H2,1-3H3. The molecule has 4 nitrogen and oxygen atoms in total. The summed E-state index contributed by atoms with van der Waals surface area (Å²) >= 11 is 0. The Bertz CT molecular complexity index is 1480. The van der Waals surface area contributed by atoms with E-state index < -0.39 is 12.0 Å². The van der Waals surface area contributed by atoms with Gasteiger partial charge >= 0.3 is 5.97 Å². The molecule has 2 unspecified atom stereocenters. The van der Waals surface area contributed by atoms with Crippen molar-refractivity contribution >= 4 is 17.3 Å². The van der Waals surface area contributed by atoms with E-state index >= 15 is 0 Å². The van der Waals surface area contributed by atoms with Crippen LogP contribution in [0.3, 0.4) is 0 Å². The highest BCUT2D eigenvalue weighted by Gasteiger charge is 2.41. The Kier molecular flexibility index (Phi) is 7.46. The number of benzene rings is 4. The Hall–Kier alpha value is -4.45. The number of ether oxygens (including phenoxy) is 1. The molecule has 4 aromatic carbocycles. The molecule has 0 bridgehead atoms. The van der Waals surface area contributed by atoms with Crippen molar-refractivity contribution in [2.45, 2.75) is 32.4 Å². The number of nitrogens with zero attached hydrogens (tertiary/aromatic N) is 1. The van der Waals surface area contributed by atoms with Gasteiger partial charge in [-0.15, -0.1) is 0 Å². The van der Waals surface area contributed by atoms with Crippen molar-refractivity contribution in [2.24, 2.45) is 0 Å². The summed E-state index contributed by atoms with van der Waals surface area (Å²) in [4.78, 5) is 15.7. The van der Waals surface area contributed by atoms with Gasteiger partial charge in [-0.2, -0.15) is 0 Å². The molecule has 1 aliphatic rings. The van der Waals surface area contributed by atoms with E-state index in [1.54, 1.807) is 24.3 Å². The van der Waals surface area contributed by atoms with E-state index in [-0.39, 0.29) is 17.7 Å². The second-order valence-corrected chi connectivity index (χ2v) is 9.84. The number of nitrogens with one attached hydrogen (secondary N) is 1. The van der Waals surface area contributed by atoms with Crippen molar-refractivity contribution in [3.05, 3.63) is 142 Å². The third kappa shape index (κ3) is 5.55. The summed E-state index contributed by atoms with van der Waals surface area (Å²) < 4.78 is 33.4. The molecule has 0 aliphatic carbocycles. The van der Waals surface area contributed by atoms with Crippen LogP contribution in [0.5, 0.6) is 0 Å². The average molecular weight is 525 g/mol. The SMILES string of the molecule is COC(=O)C1=C(Nc2ccc(C)cc2)CC(c2ccc(F)cc2)N(c2ccc(C)cc2)C1c1ccc(F)cc1. The highest BCUT2D eigenvalue weighted by molar-refractivity contribution is 5.93. The molecule has 0 fully saturated rings. The van der Waals surface area contributed by atoms with Crippen molar-refractivity contribution in [1.82, 2.24) is 0 Å². The lowest BCUT2D eigenvalue weighted by Gasteiger charge is -2.46. The Morgan fingerprint density at radius 1 is 0.769 bits per heavy atom. The van der Waals surface area contributed by atoms with Gasteiger partial charge in [-0.1, -0.05) is 59.7 Å². The van der Waals surface area contributed by atoms with Gasteiger partial charge < -0.3 is 15.0 Å². The number of rotatable bonds is 6. The predicted octanol–water partition coefficient (Wildman–Crippen LogP) is 7.81. The number of hydrogen-bond acceptors (Lipinski definition) is 4. The van der Waals surface area contributed by atoms with Crippen LogP contribution in [0.4, 0.5) is 20.2 Å². The maximum Gasteiger partial charge on any atom is 0.337 e. The van der Waals surface area contributed by atoms with Crippen LogP contribution in [-0.2, 0) is 9.53 Å². The van der Waals surface area contributed by atoms with Gasteiger partial charge in [0.05, 0.1) is 24.8 Å². The van der Waals surface area contributed by atoms with Crippen LogP contribution in [0.1, 0.15) is 40.8 Å². The van der Waals surface area contributed by atoms with Gasteiger partial charge in [0, 0.05) is 23.5 Å². The molecule has 0 amide bonds. The third-order valence-electron chi connectivity index (χ3n) is 7.13. The molecule has 39 heavy (non-hydrogen) atoms. The van der Waals surface area contributed by atoms with Crippen LogP contribution in [0.2, 0.25) is 0 Å². The molecular formula is C33H30F2N2O2. The zero-order chi connectivity index (χ0) is 27.5. The first-order chi connectivity index (χ1) is 18.8. The lowest BCUT2D eigenvalue weighted by atomic mass is 9.84. The summed E-state index contributed by atoms with van der Waals surface area (Å²) in [6.45, 7) is 4.02. The number of hydrogen-bond donors (Lipinski definition) is 1. The van der Waals surface area contributed by atoms with Gasteiger partial charge in [0.1, 0.15) is 11.6 Å². The third-order valence-corrected chi connectivity index (χ3v) is 7.13. The molecule has 198 valence electrons. The molecule has 1 heterocycles. The Labute approximate surface area is 227 Å². The zero-order valence-corrected chi connectivity index (χ0v) is 22.1. The molecule has 4 aromatic rings. The van der Waals surface area contributed by atoms with E-state index in [2.05, 4.69) is 10.2 Å². The monoisotopic (exact) mass is 524 g/mol.